The van der Waals surface area contributed by atoms with Crippen LogP contribution in [0.25, 0.3) is 0 Å². The van der Waals surface area contributed by atoms with Crippen molar-refractivity contribution in [2.45, 2.75) is 26.0 Å². The molecule has 0 aromatic heterocycles. The molecule has 1 aromatic rings. The second-order valence-corrected chi connectivity index (χ2v) is 3.48. The minimum Gasteiger partial charge on any atom is -0.486 e. The first-order valence-corrected chi connectivity index (χ1v) is 4.83. The van der Waals surface area contributed by atoms with Crippen LogP contribution in [-0.4, -0.2) is 19.2 Å². The summed E-state index contributed by atoms with van der Waals surface area (Å²) in [7, 11) is 1.80. The van der Waals surface area contributed by atoms with Gasteiger partial charge in [0.2, 0.25) is 0 Å². The van der Waals surface area contributed by atoms with E-state index in [0.29, 0.717) is 0 Å². The fourth-order valence-electron chi connectivity index (χ4n) is 1.11. The van der Waals surface area contributed by atoms with Gasteiger partial charge in [0.1, 0.15) is 11.9 Å². The van der Waals surface area contributed by atoms with Crippen LogP contribution in [-0.2, 0) is 0 Å². The number of hydrogen-bond acceptors (Lipinski definition) is 2. The summed E-state index contributed by atoms with van der Waals surface area (Å²) in [5.74, 6) is -1.20. The van der Waals surface area contributed by atoms with Crippen LogP contribution in [0.5, 0.6) is 5.75 Å². The second-order valence-electron chi connectivity index (χ2n) is 3.48. The maximum Gasteiger partial charge on any atom is 0.167 e. The monoisotopic (exact) mass is 215 g/mol. The number of likely N-dealkylation sites (N-methyl/N-ethyl adjacent to an activating group) is 1. The van der Waals surface area contributed by atoms with Crippen LogP contribution < -0.4 is 10.1 Å². The SMILES string of the molecule is CNC(C)C(C)Oc1ccc(F)cc1F. The average Bonchev–Trinajstić information content (AvgIpc) is 2.20. The Labute approximate surface area is 88.3 Å². The van der Waals surface area contributed by atoms with Gasteiger partial charge >= 0.3 is 0 Å². The van der Waals surface area contributed by atoms with Crippen molar-refractivity contribution >= 4 is 0 Å². The van der Waals surface area contributed by atoms with E-state index in [1.54, 1.807) is 7.05 Å². The molecule has 0 heterocycles. The summed E-state index contributed by atoms with van der Waals surface area (Å²) >= 11 is 0. The molecule has 84 valence electrons. The van der Waals surface area contributed by atoms with Gasteiger partial charge in [-0.3, -0.25) is 0 Å². The Bertz CT molecular complexity index is 330. The third kappa shape index (κ3) is 3.16. The van der Waals surface area contributed by atoms with E-state index in [1.165, 1.54) is 12.1 Å². The van der Waals surface area contributed by atoms with E-state index >= 15 is 0 Å². The van der Waals surface area contributed by atoms with Crippen LogP contribution in [0.15, 0.2) is 18.2 Å². The lowest BCUT2D eigenvalue weighted by atomic mass is 10.2. The van der Waals surface area contributed by atoms with Crippen molar-refractivity contribution in [3.63, 3.8) is 0 Å². The molecule has 0 bridgehead atoms. The minimum atomic E-state index is -0.676. The van der Waals surface area contributed by atoms with Crippen LogP contribution in [0.3, 0.4) is 0 Å². The Kier molecular flexibility index (Phi) is 4.03. The third-order valence-corrected chi connectivity index (χ3v) is 2.37. The summed E-state index contributed by atoms with van der Waals surface area (Å²) in [4.78, 5) is 0. The molecule has 0 aliphatic carbocycles. The highest BCUT2D eigenvalue weighted by Gasteiger charge is 2.14. The molecule has 0 amide bonds. The van der Waals surface area contributed by atoms with Gasteiger partial charge in [0.15, 0.2) is 11.6 Å². The largest absolute Gasteiger partial charge is 0.486 e. The lowest BCUT2D eigenvalue weighted by Gasteiger charge is -2.21. The topological polar surface area (TPSA) is 21.3 Å². The highest BCUT2D eigenvalue weighted by atomic mass is 19.1. The minimum absolute atomic E-state index is 0.0750. The standard InChI is InChI=1S/C11H15F2NO/c1-7(14-3)8(2)15-11-5-4-9(12)6-10(11)13/h4-8,14H,1-3H3. The molecular weight excluding hydrogens is 200 g/mol. The van der Waals surface area contributed by atoms with Crippen LogP contribution in [0, 0.1) is 11.6 Å². The summed E-state index contributed by atoms with van der Waals surface area (Å²) in [5, 5.41) is 2.99. The number of hydrogen-bond donors (Lipinski definition) is 1. The summed E-state index contributed by atoms with van der Waals surface area (Å²) < 4.78 is 31.1. The zero-order valence-electron chi connectivity index (χ0n) is 9.05. The second kappa shape index (κ2) is 5.07. The predicted molar refractivity (Wildman–Crippen MR) is 55.0 cm³/mol. The van der Waals surface area contributed by atoms with Gasteiger partial charge in [0.05, 0.1) is 0 Å². The Morgan fingerprint density at radius 1 is 1.27 bits per heavy atom. The summed E-state index contributed by atoms with van der Waals surface area (Å²) in [5.41, 5.74) is 0. The normalized spacial score (nSPS) is 14.7. The zero-order chi connectivity index (χ0) is 11.4. The summed E-state index contributed by atoms with van der Waals surface area (Å²) in [6.07, 6.45) is -0.185. The van der Waals surface area contributed by atoms with Crippen molar-refractivity contribution in [3.05, 3.63) is 29.8 Å². The van der Waals surface area contributed by atoms with Gasteiger partial charge in [-0.1, -0.05) is 0 Å². The molecule has 0 spiro atoms. The number of nitrogens with one attached hydrogen (secondary N) is 1. The van der Waals surface area contributed by atoms with Crippen LogP contribution in [0.2, 0.25) is 0 Å². The first-order valence-electron chi connectivity index (χ1n) is 4.83. The number of halogens is 2. The first-order chi connectivity index (χ1) is 7.04. The molecule has 2 unspecified atom stereocenters. The highest BCUT2D eigenvalue weighted by Crippen LogP contribution is 2.19. The summed E-state index contributed by atoms with van der Waals surface area (Å²) in [6.45, 7) is 3.75. The maximum absolute atomic E-state index is 13.2. The molecular formula is C11H15F2NO. The van der Waals surface area contributed by atoms with Gasteiger partial charge < -0.3 is 10.1 Å². The average molecular weight is 215 g/mol. The van der Waals surface area contributed by atoms with E-state index in [0.717, 1.165) is 6.07 Å². The lowest BCUT2D eigenvalue weighted by molar-refractivity contribution is 0.174. The molecule has 2 nitrogen and oxygen atoms in total. The van der Waals surface area contributed by atoms with Gasteiger partial charge in [-0.25, -0.2) is 8.78 Å². The molecule has 1 aromatic carbocycles. The van der Waals surface area contributed by atoms with Crippen LogP contribution in [0.1, 0.15) is 13.8 Å². The first kappa shape index (κ1) is 11.9. The van der Waals surface area contributed by atoms with Gasteiger partial charge in [0.25, 0.3) is 0 Å². The number of benzene rings is 1. The van der Waals surface area contributed by atoms with Crippen molar-refractivity contribution in [2.75, 3.05) is 7.05 Å². The molecule has 4 heteroatoms. The van der Waals surface area contributed by atoms with Crippen molar-refractivity contribution in [1.29, 1.82) is 0 Å². The number of rotatable bonds is 4. The molecule has 0 saturated carbocycles. The fourth-order valence-corrected chi connectivity index (χ4v) is 1.11. The Hall–Kier alpha value is -1.16. The van der Waals surface area contributed by atoms with Crippen molar-refractivity contribution in [2.24, 2.45) is 0 Å². The van der Waals surface area contributed by atoms with E-state index in [-0.39, 0.29) is 17.9 Å². The zero-order valence-corrected chi connectivity index (χ0v) is 9.05. The number of ether oxygens (including phenoxy) is 1. The van der Waals surface area contributed by atoms with Gasteiger partial charge in [-0.2, -0.15) is 0 Å². The Balaban J connectivity index is 2.72. The smallest absolute Gasteiger partial charge is 0.167 e. The molecule has 15 heavy (non-hydrogen) atoms. The quantitative estimate of drug-likeness (QED) is 0.832. The van der Waals surface area contributed by atoms with Crippen molar-refractivity contribution < 1.29 is 13.5 Å². The van der Waals surface area contributed by atoms with Crippen molar-refractivity contribution in [3.8, 4) is 5.75 Å². The van der Waals surface area contributed by atoms with E-state index in [2.05, 4.69) is 5.32 Å². The highest BCUT2D eigenvalue weighted by molar-refractivity contribution is 5.24. The molecule has 0 radical (unpaired) electrons. The van der Waals surface area contributed by atoms with Gasteiger partial charge in [0, 0.05) is 12.1 Å². The van der Waals surface area contributed by atoms with E-state index in [1.807, 2.05) is 13.8 Å². The third-order valence-electron chi connectivity index (χ3n) is 2.37. The Morgan fingerprint density at radius 3 is 2.47 bits per heavy atom. The molecule has 0 aliphatic heterocycles. The Morgan fingerprint density at radius 2 is 1.93 bits per heavy atom. The van der Waals surface area contributed by atoms with Gasteiger partial charge in [-0.05, 0) is 33.0 Å². The predicted octanol–water partition coefficient (Wildman–Crippen LogP) is 2.34. The molecule has 0 fully saturated rings. The molecule has 1 rings (SSSR count). The van der Waals surface area contributed by atoms with Crippen LogP contribution in [0.4, 0.5) is 8.78 Å². The van der Waals surface area contributed by atoms with Gasteiger partial charge in [-0.15, -0.1) is 0 Å². The molecule has 0 aliphatic rings. The van der Waals surface area contributed by atoms with E-state index in [4.69, 9.17) is 4.74 Å². The van der Waals surface area contributed by atoms with E-state index in [9.17, 15) is 8.78 Å². The van der Waals surface area contributed by atoms with Crippen molar-refractivity contribution in [1.82, 2.24) is 5.32 Å². The van der Waals surface area contributed by atoms with Crippen LogP contribution >= 0.6 is 0 Å². The summed E-state index contributed by atoms with van der Waals surface area (Å²) in [6, 6.07) is 3.37. The molecule has 0 saturated heterocycles. The maximum atomic E-state index is 13.2. The van der Waals surface area contributed by atoms with E-state index < -0.39 is 11.6 Å². The molecule has 1 N–H and O–H groups in total. The fraction of sp³-hybridized carbons (Fsp3) is 0.455. The molecule has 2 atom stereocenters. The lowest BCUT2D eigenvalue weighted by Crippen LogP contribution is -2.36.